The first kappa shape index (κ1) is 20.0. The quantitative estimate of drug-likeness (QED) is 0.618. The third-order valence-corrected chi connectivity index (χ3v) is 6.20. The lowest BCUT2D eigenvalue weighted by molar-refractivity contribution is -0.130. The molecule has 3 aromatic heterocycles. The van der Waals surface area contributed by atoms with Crippen molar-refractivity contribution < 1.29 is 9.53 Å². The Hall–Kier alpha value is -2.91. The number of rotatable bonds is 5. The van der Waals surface area contributed by atoms with Crippen molar-refractivity contribution in [1.82, 2.24) is 34.6 Å². The molecular weight excluding hydrogens is 394 g/mol. The van der Waals surface area contributed by atoms with Gasteiger partial charge in [0.1, 0.15) is 0 Å². The van der Waals surface area contributed by atoms with Crippen LogP contribution in [0.25, 0.3) is 16.9 Å². The molecule has 9 nitrogen and oxygen atoms in total. The van der Waals surface area contributed by atoms with Crippen LogP contribution in [-0.4, -0.2) is 86.4 Å². The standard InChI is InChI=1S/C22H27N7O2/c30-21-7-14-31-15-13-28(21)12-11-27-9-5-17(6-10-27)22-25-24-20-4-3-19(26-29(20)22)18-2-1-8-23-16-18/h1-4,8,16-17H,5-7,9-15H2. The number of nitrogens with zero attached hydrogens (tertiary/aromatic N) is 7. The summed E-state index contributed by atoms with van der Waals surface area (Å²) in [6, 6.07) is 7.84. The predicted octanol–water partition coefficient (Wildman–Crippen LogP) is 1.61. The van der Waals surface area contributed by atoms with E-state index >= 15 is 0 Å². The van der Waals surface area contributed by atoms with Gasteiger partial charge in [0.2, 0.25) is 5.91 Å². The summed E-state index contributed by atoms with van der Waals surface area (Å²) < 4.78 is 7.30. The predicted molar refractivity (Wildman–Crippen MR) is 114 cm³/mol. The Labute approximate surface area is 181 Å². The second-order valence-corrected chi connectivity index (χ2v) is 8.15. The van der Waals surface area contributed by atoms with Gasteiger partial charge < -0.3 is 14.5 Å². The number of hydrogen-bond acceptors (Lipinski definition) is 7. The van der Waals surface area contributed by atoms with E-state index in [9.17, 15) is 4.79 Å². The van der Waals surface area contributed by atoms with Crippen molar-refractivity contribution in [3.8, 4) is 11.3 Å². The molecule has 0 saturated carbocycles. The van der Waals surface area contributed by atoms with Gasteiger partial charge in [0, 0.05) is 43.5 Å². The minimum Gasteiger partial charge on any atom is -0.379 e. The lowest BCUT2D eigenvalue weighted by Crippen LogP contribution is -2.42. The molecule has 162 valence electrons. The summed E-state index contributed by atoms with van der Waals surface area (Å²) in [5.74, 6) is 1.47. The zero-order valence-electron chi connectivity index (χ0n) is 17.6. The van der Waals surface area contributed by atoms with Crippen LogP contribution in [0.5, 0.6) is 0 Å². The van der Waals surface area contributed by atoms with E-state index < -0.39 is 0 Å². The Bertz CT molecular complexity index is 1030. The van der Waals surface area contributed by atoms with Gasteiger partial charge in [-0.2, -0.15) is 9.61 Å². The average Bonchev–Trinajstić information content (AvgIpc) is 3.13. The molecule has 2 aliphatic rings. The highest BCUT2D eigenvalue weighted by Gasteiger charge is 2.26. The minimum atomic E-state index is 0.206. The number of carbonyl (C=O) groups is 1. The van der Waals surface area contributed by atoms with Crippen LogP contribution in [0, 0.1) is 0 Å². The van der Waals surface area contributed by atoms with Crippen LogP contribution in [0.15, 0.2) is 36.7 Å². The second-order valence-electron chi connectivity index (χ2n) is 8.15. The smallest absolute Gasteiger partial charge is 0.225 e. The fraction of sp³-hybridized carbons (Fsp3) is 0.500. The van der Waals surface area contributed by atoms with Crippen LogP contribution in [0.4, 0.5) is 0 Å². The van der Waals surface area contributed by atoms with Gasteiger partial charge in [0.05, 0.1) is 25.3 Å². The summed E-state index contributed by atoms with van der Waals surface area (Å²) in [6.07, 6.45) is 6.09. The molecule has 2 aliphatic heterocycles. The summed E-state index contributed by atoms with van der Waals surface area (Å²) in [5.41, 5.74) is 2.62. The van der Waals surface area contributed by atoms with Gasteiger partial charge in [0.15, 0.2) is 11.5 Å². The van der Waals surface area contributed by atoms with Crippen LogP contribution in [0.2, 0.25) is 0 Å². The van der Waals surface area contributed by atoms with Crippen molar-refractivity contribution >= 4 is 11.6 Å². The van der Waals surface area contributed by atoms with Crippen LogP contribution >= 0.6 is 0 Å². The Morgan fingerprint density at radius 3 is 2.77 bits per heavy atom. The van der Waals surface area contributed by atoms with E-state index in [1.165, 1.54) is 0 Å². The van der Waals surface area contributed by atoms with Gasteiger partial charge in [-0.15, -0.1) is 10.2 Å². The maximum absolute atomic E-state index is 12.1. The van der Waals surface area contributed by atoms with E-state index in [1.807, 2.05) is 39.9 Å². The first-order valence-electron chi connectivity index (χ1n) is 11.0. The van der Waals surface area contributed by atoms with E-state index in [2.05, 4.69) is 20.1 Å². The zero-order valence-corrected chi connectivity index (χ0v) is 17.6. The second kappa shape index (κ2) is 9.07. The van der Waals surface area contributed by atoms with Crippen molar-refractivity contribution in [1.29, 1.82) is 0 Å². The average molecular weight is 422 g/mol. The molecule has 1 amide bonds. The highest BCUT2D eigenvalue weighted by atomic mass is 16.5. The van der Waals surface area contributed by atoms with Crippen LogP contribution in [0.3, 0.4) is 0 Å². The SMILES string of the molecule is O=C1CCOCCN1CCN1CCC(c2nnc3ccc(-c4cccnc4)nn23)CC1. The highest BCUT2D eigenvalue weighted by molar-refractivity contribution is 5.76. The Kier molecular flexibility index (Phi) is 5.86. The molecule has 31 heavy (non-hydrogen) atoms. The first-order valence-corrected chi connectivity index (χ1v) is 11.0. The zero-order chi connectivity index (χ0) is 21.0. The number of ether oxygens (including phenoxy) is 1. The molecule has 5 heterocycles. The summed E-state index contributed by atoms with van der Waals surface area (Å²) in [4.78, 5) is 20.7. The number of piperidine rings is 1. The molecule has 9 heteroatoms. The number of likely N-dealkylation sites (tertiary alicyclic amines) is 1. The van der Waals surface area contributed by atoms with Gasteiger partial charge in [-0.3, -0.25) is 9.78 Å². The van der Waals surface area contributed by atoms with E-state index in [-0.39, 0.29) is 5.91 Å². The lowest BCUT2D eigenvalue weighted by atomic mass is 9.96. The summed E-state index contributed by atoms with van der Waals surface area (Å²) in [6.45, 7) is 5.54. The molecule has 0 unspecified atom stereocenters. The Morgan fingerprint density at radius 2 is 1.94 bits per heavy atom. The number of hydrogen-bond donors (Lipinski definition) is 0. The van der Waals surface area contributed by atoms with E-state index in [0.717, 1.165) is 61.7 Å². The Balaban J connectivity index is 1.23. The molecule has 0 spiro atoms. The molecule has 0 aliphatic carbocycles. The normalized spacial score (nSPS) is 19.1. The fourth-order valence-corrected chi connectivity index (χ4v) is 4.36. The largest absolute Gasteiger partial charge is 0.379 e. The van der Waals surface area contributed by atoms with E-state index in [1.54, 1.807) is 6.20 Å². The molecule has 5 rings (SSSR count). The molecule has 2 saturated heterocycles. The van der Waals surface area contributed by atoms with Gasteiger partial charge in [-0.1, -0.05) is 0 Å². The van der Waals surface area contributed by atoms with Gasteiger partial charge in [-0.05, 0) is 50.2 Å². The van der Waals surface area contributed by atoms with Crippen LogP contribution in [-0.2, 0) is 9.53 Å². The topological polar surface area (TPSA) is 88.8 Å². The van der Waals surface area contributed by atoms with Crippen molar-refractivity contribution in [2.24, 2.45) is 0 Å². The molecule has 2 fully saturated rings. The van der Waals surface area contributed by atoms with Crippen LogP contribution in [0.1, 0.15) is 31.0 Å². The van der Waals surface area contributed by atoms with Gasteiger partial charge in [-0.25, -0.2) is 0 Å². The molecule has 0 aromatic carbocycles. The monoisotopic (exact) mass is 421 g/mol. The summed E-state index contributed by atoms with van der Waals surface area (Å²) >= 11 is 0. The van der Waals surface area contributed by atoms with Crippen molar-refractivity contribution in [3.63, 3.8) is 0 Å². The van der Waals surface area contributed by atoms with E-state index in [0.29, 0.717) is 32.1 Å². The third-order valence-electron chi connectivity index (χ3n) is 6.20. The first-order chi connectivity index (χ1) is 15.3. The van der Waals surface area contributed by atoms with Crippen molar-refractivity contribution in [2.75, 3.05) is 45.9 Å². The number of pyridine rings is 1. The van der Waals surface area contributed by atoms with Crippen molar-refractivity contribution in [2.45, 2.75) is 25.2 Å². The summed E-state index contributed by atoms with van der Waals surface area (Å²) in [5, 5.41) is 13.6. The number of amides is 1. The molecule has 0 atom stereocenters. The number of fused-ring (bicyclic) bond motifs is 1. The fourth-order valence-electron chi connectivity index (χ4n) is 4.36. The Morgan fingerprint density at radius 1 is 1.03 bits per heavy atom. The minimum absolute atomic E-state index is 0.206. The molecule has 3 aromatic rings. The number of aromatic nitrogens is 5. The summed E-state index contributed by atoms with van der Waals surface area (Å²) in [7, 11) is 0. The van der Waals surface area contributed by atoms with Gasteiger partial charge in [0.25, 0.3) is 0 Å². The molecular formula is C22H27N7O2. The molecule has 0 radical (unpaired) electrons. The highest BCUT2D eigenvalue weighted by Crippen LogP contribution is 2.27. The molecule has 0 N–H and O–H groups in total. The van der Waals surface area contributed by atoms with Gasteiger partial charge >= 0.3 is 0 Å². The lowest BCUT2D eigenvalue weighted by Gasteiger charge is -2.32. The maximum Gasteiger partial charge on any atom is 0.225 e. The van der Waals surface area contributed by atoms with Crippen LogP contribution < -0.4 is 0 Å². The van der Waals surface area contributed by atoms with Crippen molar-refractivity contribution in [3.05, 3.63) is 42.5 Å². The van der Waals surface area contributed by atoms with E-state index in [4.69, 9.17) is 9.84 Å². The molecule has 0 bridgehead atoms. The third kappa shape index (κ3) is 4.42. The number of carbonyl (C=O) groups excluding carboxylic acids is 1. The maximum atomic E-state index is 12.1.